The lowest BCUT2D eigenvalue weighted by atomic mass is 10.0. The fourth-order valence-electron chi connectivity index (χ4n) is 3.34. The quantitative estimate of drug-likeness (QED) is 0.678. The van der Waals surface area contributed by atoms with Gasteiger partial charge in [-0.15, -0.1) is 0 Å². The van der Waals surface area contributed by atoms with Gasteiger partial charge >= 0.3 is 0 Å². The molecule has 156 valence electrons. The highest BCUT2D eigenvalue weighted by molar-refractivity contribution is 9.10. The van der Waals surface area contributed by atoms with Crippen molar-refractivity contribution < 1.29 is 22.7 Å². The highest BCUT2D eigenvalue weighted by atomic mass is 79.9. The number of nitrogens with zero attached hydrogens (tertiary/aromatic N) is 1. The second-order valence-corrected chi connectivity index (χ2v) is 9.45. The van der Waals surface area contributed by atoms with E-state index in [0.717, 1.165) is 17.3 Å². The summed E-state index contributed by atoms with van der Waals surface area (Å²) in [5, 5.41) is 2.81. The highest BCUT2D eigenvalue weighted by Crippen LogP contribution is 2.31. The van der Waals surface area contributed by atoms with Crippen LogP contribution in [-0.2, 0) is 14.8 Å². The van der Waals surface area contributed by atoms with Crippen LogP contribution in [-0.4, -0.2) is 45.4 Å². The van der Waals surface area contributed by atoms with Crippen LogP contribution in [0.4, 0.5) is 5.69 Å². The maximum absolute atomic E-state index is 13.1. The van der Waals surface area contributed by atoms with Gasteiger partial charge in [-0.1, -0.05) is 22.4 Å². The van der Waals surface area contributed by atoms with Gasteiger partial charge in [0, 0.05) is 22.8 Å². The fraction of sp³-hybridized carbons (Fsp3) is 0.350. The van der Waals surface area contributed by atoms with Gasteiger partial charge in [-0.05, 0) is 49.2 Å². The Balaban J connectivity index is 1.84. The SMILES string of the molecule is COc1ccc(NC(=O)C2CCCCN2S(=O)(=O)c2ccc(Br)cc2)cc1OC. The molecule has 0 aliphatic carbocycles. The Hall–Kier alpha value is -2.10. The van der Waals surface area contributed by atoms with Gasteiger partial charge in [-0.2, -0.15) is 4.31 Å². The molecule has 0 aromatic heterocycles. The summed E-state index contributed by atoms with van der Waals surface area (Å²) in [4.78, 5) is 13.1. The summed E-state index contributed by atoms with van der Waals surface area (Å²) in [6.45, 7) is 0.308. The van der Waals surface area contributed by atoms with E-state index in [1.165, 1.54) is 30.7 Å². The molecule has 2 aromatic rings. The first-order chi connectivity index (χ1) is 13.9. The van der Waals surface area contributed by atoms with E-state index in [2.05, 4.69) is 21.2 Å². The van der Waals surface area contributed by atoms with Crippen molar-refractivity contribution in [2.45, 2.75) is 30.2 Å². The molecule has 1 aliphatic rings. The molecule has 1 amide bonds. The second-order valence-electron chi connectivity index (χ2n) is 6.64. The minimum absolute atomic E-state index is 0.173. The zero-order valence-corrected chi connectivity index (χ0v) is 18.6. The molecule has 3 rings (SSSR count). The fourth-order valence-corrected chi connectivity index (χ4v) is 5.26. The van der Waals surface area contributed by atoms with E-state index in [1.807, 2.05) is 0 Å². The Morgan fingerprint density at radius 3 is 2.41 bits per heavy atom. The number of carbonyl (C=O) groups is 1. The van der Waals surface area contributed by atoms with Crippen LogP contribution < -0.4 is 14.8 Å². The monoisotopic (exact) mass is 482 g/mol. The molecule has 1 fully saturated rings. The molecule has 0 saturated carbocycles. The Labute approximate surface area is 179 Å². The molecular formula is C20H23BrN2O5S. The molecular weight excluding hydrogens is 460 g/mol. The van der Waals surface area contributed by atoms with Gasteiger partial charge in [0.25, 0.3) is 0 Å². The Morgan fingerprint density at radius 1 is 1.07 bits per heavy atom. The third kappa shape index (κ3) is 4.73. The number of nitrogens with one attached hydrogen (secondary N) is 1. The van der Waals surface area contributed by atoms with Crippen molar-refractivity contribution in [2.75, 3.05) is 26.1 Å². The van der Waals surface area contributed by atoms with Crippen LogP contribution in [0.2, 0.25) is 0 Å². The van der Waals surface area contributed by atoms with Gasteiger partial charge in [0.05, 0.1) is 19.1 Å². The predicted molar refractivity (Wildman–Crippen MR) is 114 cm³/mol. The molecule has 0 bridgehead atoms. The van der Waals surface area contributed by atoms with Crippen LogP contribution in [0.25, 0.3) is 0 Å². The van der Waals surface area contributed by atoms with Crippen LogP contribution in [0.5, 0.6) is 11.5 Å². The lowest BCUT2D eigenvalue weighted by Crippen LogP contribution is -2.49. The van der Waals surface area contributed by atoms with E-state index in [9.17, 15) is 13.2 Å². The van der Waals surface area contributed by atoms with Gasteiger partial charge in [0.1, 0.15) is 6.04 Å². The van der Waals surface area contributed by atoms with Crippen molar-refractivity contribution in [1.82, 2.24) is 4.31 Å². The van der Waals surface area contributed by atoms with Gasteiger partial charge in [0.2, 0.25) is 15.9 Å². The number of piperidine rings is 1. The maximum atomic E-state index is 13.1. The summed E-state index contributed by atoms with van der Waals surface area (Å²) >= 11 is 3.31. The summed E-state index contributed by atoms with van der Waals surface area (Å²) in [5.74, 6) is 0.661. The number of ether oxygens (including phenoxy) is 2. The Kier molecular flexibility index (Phi) is 6.81. The summed E-state index contributed by atoms with van der Waals surface area (Å²) < 4.78 is 38.8. The van der Waals surface area contributed by atoms with E-state index < -0.39 is 16.1 Å². The number of sulfonamides is 1. The molecule has 7 nitrogen and oxygen atoms in total. The van der Waals surface area contributed by atoms with Crippen LogP contribution in [0.3, 0.4) is 0 Å². The molecule has 1 heterocycles. The largest absolute Gasteiger partial charge is 0.493 e. The molecule has 1 unspecified atom stereocenters. The third-order valence-corrected chi connectivity index (χ3v) is 7.28. The van der Waals surface area contributed by atoms with E-state index >= 15 is 0 Å². The molecule has 1 aliphatic heterocycles. The van der Waals surface area contributed by atoms with Crippen molar-refractivity contribution in [2.24, 2.45) is 0 Å². The number of amides is 1. The number of halogens is 1. The lowest BCUT2D eigenvalue weighted by molar-refractivity contribution is -0.120. The van der Waals surface area contributed by atoms with Crippen molar-refractivity contribution in [3.05, 3.63) is 46.9 Å². The molecule has 0 radical (unpaired) electrons. The van der Waals surface area contributed by atoms with Crippen molar-refractivity contribution in [3.63, 3.8) is 0 Å². The van der Waals surface area contributed by atoms with Gasteiger partial charge in [-0.3, -0.25) is 4.79 Å². The Bertz CT molecular complexity index is 979. The normalized spacial score (nSPS) is 17.6. The third-order valence-electron chi connectivity index (χ3n) is 4.83. The summed E-state index contributed by atoms with van der Waals surface area (Å²) in [6.07, 6.45) is 1.97. The minimum Gasteiger partial charge on any atom is -0.493 e. The average molecular weight is 483 g/mol. The predicted octanol–water partition coefficient (Wildman–Crippen LogP) is 3.65. The first kappa shape index (κ1) is 21.6. The smallest absolute Gasteiger partial charge is 0.243 e. The number of anilines is 1. The Morgan fingerprint density at radius 2 is 1.76 bits per heavy atom. The van der Waals surface area contributed by atoms with Crippen LogP contribution in [0.15, 0.2) is 51.8 Å². The summed E-state index contributed by atoms with van der Waals surface area (Å²) in [7, 11) is -0.740. The average Bonchev–Trinajstić information content (AvgIpc) is 2.74. The number of hydrogen-bond donors (Lipinski definition) is 1. The summed E-state index contributed by atoms with van der Waals surface area (Å²) in [6, 6.07) is 10.7. The first-order valence-electron chi connectivity index (χ1n) is 9.17. The van der Waals surface area contributed by atoms with Crippen molar-refractivity contribution >= 4 is 37.5 Å². The van der Waals surface area contributed by atoms with E-state index in [-0.39, 0.29) is 10.8 Å². The number of rotatable bonds is 6. The minimum atomic E-state index is -3.78. The summed E-state index contributed by atoms with van der Waals surface area (Å²) in [5.41, 5.74) is 0.513. The van der Waals surface area contributed by atoms with Crippen molar-refractivity contribution in [1.29, 1.82) is 0 Å². The standard InChI is InChI=1S/C20H23BrN2O5S/c1-27-18-11-8-15(13-19(18)28-2)22-20(24)17-5-3-4-12-23(17)29(25,26)16-9-6-14(21)7-10-16/h6-11,13,17H,3-5,12H2,1-2H3,(H,22,24). The van der Waals surface area contributed by atoms with E-state index in [4.69, 9.17) is 9.47 Å². The van der Waals surface area contributed by atoms with Crippen LogP contribution >= 0.6 is 15.9 Å². The zero-order valence-electron chi connectivity index (χ0n) is 16.2. The second kappa shape index (κ2) is 9.15. The number of carbonyl (C=O) groups excluding carboxylic acids is 1. The van der Waals surface area contributed by atoms with Crippen molar-refractivity contribution in [3.8, 4) is 11.5 Å². The van der Waals surface area contributed by atoms with Crippen LogP contribution in [0.1, 0.15) is 19.3 Å². The van der Waals surface area contributed by atoms with E-state index in [0.29, 0.717) is 30.2 Å². The number of benzene rings is 2. The van der Waals surface area contributed by atoms with Gasteiger partial charge < -0.3 is 14.8 Å². The number of hydrogen-bond acceptors (Lipinski definition) is 5. The van der Waals surface area contributed by atoms with Gasteiger partial charge in [-0.25, -0.2) is 8.42 Å². The van der Waals surface area contributed by atoms with Crippen LogP contribution in [0, 0.1) is 0 Å². The first-order valence-corrected chi connectivity index (χ1v) is 11.4. The molecule has 9 heteroatoms. The maximum Gasteiger partial charge on any atom is 0.243 e. The number of methoxy groups -OCH3 is 2. The molecule has 1 N–H and O–H groups in total. The highest BCUT2D eigenvalue weighted by Gasteiger charge is 2.37. The zero-order chi connectivity index (χ0) is 21.0. The molecule has 1 atom stereocenters. The molecule has 0 spiro atoms. The van der Waals surface area contributed by atoms with Gasteiger partial charge in [0.15, 0.2) is 11.5 Å². The van der Waals surface area contributed by atoms with E-state index in [1.54, 1.807) is 30.3 Å². The molecule has 29 heavy (non-hydrogen) atoms. The molecule has 1 saturated heterocycles. The molecule has 2 aromatic carbocycles. The lowest BCUT2D eigenvalue weighted by Gasteiger charge is -2.33. The topological polar surface area (TPSA) is 84.9 Å².